The zero-order valence-electron chi connectivity index (χ0n) is 15.2. The minimum absolute atomic E-state index is 0.0485. The van der Waals surface area contributed by atoms with Crippen molar-refractivity contribution >= 4 is 11.6 Å². The Kier molecular flexibility index (Phi) is 4.70. The standard InChI is InChI=1S/C21H21N5O/c1-16-6-5-10-26-18(13-24-21(16)26)12-20(27)23-14-19-22-9-11-25(19)15-17-7-3-2-4-8-17/h2-11,13H,12,14-15H2,1H3,(H,23,27). The molecule has 3 heterocycles. The van der Waals surface area contributed by atoms with Gasteiger partial charge in [0, 0.05) is 31.3 Å². The summed E-state index contributed by atoms with van der Waals surface area (Å²) in [6.07, 6.45) is 7.67. The zero-order chi connectivity index (χ0) is 18.6. The Morgan fingerprint density at radius 3 is 2.78 bits per heavy atom. The molecule has 6 heteroatoms. The lowest BCUT2D eigenvalue weighted by atomic mass is 10.2. The molecule has 136 valence electrons. The van der Waals surface area contributed by atoms with Gasteiger partial charge in [0.1, 0.15) is 11.5 Å². The van der Waals surface area contributed by atoms with Gasteiger partial charge in [-0.1, -0.05) is 36.4 Å². The largest absolute Gasteiger partial charge is 0.349 e. The quantitative estimate of drug-likeness (QED) is 0.576. The lowest BCUT2D eigenvalue weighted by Gasteiger charge is -2.09. The number of rotatable bonds is 6. The number of aryl methyl sites for hydroxylation is 1. The van der Waals surface area contributed by atoms with Crippen molar-refractivity contribution in [3.8, 4) is 0 Å². The van der Waals surface area contributed by atoms with Crippen molar-refractivity contribution in [1.29, 1.82) is 0 Å². The van der Waals surface area contributed by atoms with Crippen molar-refractivity contribution in [2.24, 2.45) is 0 Å². The van der Waals surface area contributed by atoms with Crippen molar-refractivity contribution in [1.82, 2.24) is 24.3 Å². The average molecular weight is 359 g/mol. The Bertz CT molecular complexity index is 1060. The number of hydrogen-bond donors (Lipinski definition) is 1. The van der Waals surface area contributed by atoms with E-state index in [4.69, 9.17) is 0 Å². The highest BCUT2D eigenvalue weighted by Gasteiger charge is 2.11. The van der Waals surface area contributed by atoms with Crippen LogP contribution in [0.2, 0.25) is 0 Å². The molecule has 4 rings (SSSR count). The Morgan fingerprint density at radius 2 is 1.93 bits per heavy atom. The molecule has 0 atom stereocenters. The normalized spacial score (nSPS) is 11.0. The molecule has 0 fully saturated rings. The summed E-state index contributed by atoms with van der Waals surface area (Å²) in [6, 6.07) is 14.2. The molecular weight excluding hydrogens is 338 g/mol. The highest BCUT2D eigenvalue weighted by atomic mass is 16.1. The van der Waals surface area contributed by atoms with Gasteiger partial charge >= 0.3 is 0 Å². The van der Waals surface area contributed by atoms with Crippen LogP contribution < -0.4 is 5.32 Å². The predicted molar refractivity (Wildman–Crippen MR) is 103 cm³/mol. The van der Waals surface area contributed by atoms with Crippen molar-refractivity contribution in [2.45, 2.75) is 26.4 Å². The predicted octanol–water partition coefficient (Wildman–Crippen LogP) is 2.75. The van der Waals surface area contributed by atoms with Crippen LogP contribution in [0.1, 0.15) is 22.6 Å². The maximum atomic E-state index is 12.4. The van der Waals surface area contributed by atoms with Crippen LogP contribution in [0.25, 0.3) is 5.65 Å². The minimum atomic E-state index is -0.0485. The number of nitrogens with zero attached hydrogens (tertiary/aromatic N) is 4. The monoisotopic (exact) mass is 359 g/mol. The Labute approximate surface area is 157 Å². The van der Waals surface area contributed by atoms with Crippen molar-refractivity contribution < 1.29 is 4.79 Å². The topological polar surface area (TPSA) is 64.2 Å². The molecule has 0 radical (unpaired) electrons. The number of carbonyl (C=O) groups excluding carboxylic acids is 1. The average Bonchev–Trinajstić information content (AvgIpc) is 3.29. The molecule has 0 aliphatic heterocycles. The van der Waals surface area contributed by atoms with Gasteiger partial charge in [0.25, 0.3) is 0 Å². The number of pyridine rings is 1. The van der Waals surface area contributed by atoms with Crippen LogP contribution in [0.15, 0.2) is 67.3 Å². The van der Waals surface area contributed by atoms with Crippen molar-refractivity contribution in [3.63, 3.8) is 0 Å². The third-order valence-corrected chi connectivity index (χ3v) is 4.59. The Morgan fingerprint density at radius 1 is 1.07 bits per heavy atom. The lowest BCUT2D eigenvalue weighted by Crippen LogP contribution is -2.26. The maximum Gasteiger partial charge on any atom is 0.226 e. The molecule has 0 aliphatic rings. The van der Waals surface area contributed by atoms with E-state index < -0.39 is 0 Å². The molecule has 0 saturated carbocycles. The van der Waals surface area contributed by atoms with Crippen LogP contribution in [0.5, 0.6) is 0 Å². The van der Waals surface area contributed by atoms with E-state index in [1.165, 1.54) is 5.56 Å². The van der Waals surface area contributed by atoms with Gasteiger partial charge in [0.2, 0.25) is 5.91 Å². The van der Waals surface area contributed by atoms with E-state index in [-0.39, 0.29) is 12.3 Å². The van der Waals surface area contributed by atoms with Gasteiger partial charge in [0.05, 0.1) is 18.7 Å². The fourth-order valence-corrected chi connectivity index (χ4v) is 3.17. The first-order chi connectivity index (χ1) is 13.2. The second-order valence-corrected chi connectivity index (χ2v) is 6.54. The lowest BCUT2D eigenvalue weighted by molar-refractivity contribution is -0.120. The molecule has 27 heavy (non-hydrogen) atoms. The number of fused-ring (bicyclic) bond motifs is 1. The first-order valence-electron chi connectivity index (χ1n) is 8.93. The van der Waals surface area contributed by atoms with Crippen molar-refractivity contribution in [3.05, 3.63) is 89.9 Å². The molecule has 0 aliphatic carbocycles. The van der Waals surface area contributed by atoms with Gasteiger partial charge in [0.15, 0.2) is 0 Å². The molecule has 0 bridgehead atoms. The van der Waals surface area contributed by atoms with E-state index in [1.807, 2.05) is 58.6 Å². The second kappa shape index (κ2) is 7.45. The first-order valence-corrected chi connectivity index (χ1v) is 8.93. The van der Waals surface area contributed by atoms with E-state index >= 15 is 0 Å². The van der Waals surface area contributed by atoms with Crippen LogP contribution >= 0.6 is 0 Å². The van der Waals surface area contributed by atoms with E-state index in [2.05, 4.69) is 27.4 Å². The molecular formula is C21H21N5O. The third-order valence-electron chi connectivity index (χ3n) is 4.59. The zero-order valence-corrected chi connectivity index (χ0v) is 15.2. The molecule has 4 aromatic rings. The molecule has 0 saturated heterocycles. The van der Waals surface area contributed by atoms with Crippen LogP contribution in [0.3, 0.4) is 0 Å². The first kappa shape index (κ1) is 17.0. The SMILES string of the molecule is Cc1cccn2c(CC(=O)NCc3nccn3Cc3ccccc3)cnc12. The highest BCUT2D eigenvalue weighted by molar-refractivity contribution is 5.78. The van der Waals surface area contributed by atoms with E-state index in [9.17, 15) is 4.79 Å². The Hall–Kier alpha value is -3.41. The van der Waals surface area contributed by atoms with Gasteiger partial charge in [-0.15, -0.1) is 0 Å². The summed E-state index contributed by atoms with van der Waals surface area (Å²) in [5.41, 5.74) is 4.05. The summed E-state index contributed by atoms with van der Waals surface area (Å²) < 4.78 is 4.01. The van der Waals surface area contributed by atoms with E-state index in [1.54, 1.807) is 12.4 Å². The summed E-state index contributed by atoms with van der Waals surface area (Å²) in [5.74, 6) is 0.786. The summed E-state index contributed by atoms with van der Waals surface area (Å²) in [6.45, 7) is 3.14. The van der Waals surface area contributed by atoms with Crippen LogP contribution in [0, 0.1) is 6.92 Å². The van der Waals surface area contributed by atoms with Gasteiger partial charge in [-0.3, -0.25) is 4.79 Å². The maximum absolute atomic E-state index is 12.4. The summed E-state index contributed by atoms with van der Waals surface area (Å²) in [5, 5.41) is 2.97. The minimum Gasteiger partial charge on any atom is -0.349 e. The highest BCUT2D eigenvalue weighted by Crippen LogP contribution is 2.11. The van der Waals surface area contributed by atoms with Gasteiger partial charge in [-0.2, -0.15) is 0 Å². The fourth-order valence-electron chi connectivity index (χ4n) is 3.17. The molecule has 0 unspecified atom stereocenters. The number of imidazole rings is 2. The van der Waals surface area contributed by atoms with Gasteiger partial charge < -0.3 is 14.3 Å². The third kappa shape index (κ3) is 3.74. The molecule has 6 nitrogen and oxygen atoms in total. The van der Waals surface area contributed by atoms with Crippen molar-refractivity contribution in [2.75, 3.05) is 0 Å². The number of carbonyl (C=O) groups is 1. The number of hydrogen-bond acceptors (Lipinski definition) is 3. The summed E-state index contributed by atoms with van der Waals surface area (Å²) in [7, 11) is 0. The number of nitrogens with one attached hydrogen (secondary N) is 1. The molecule has 3 aromatic heterocycles. The number of amides is 1. The molecule has 1 amide bonds. The molecule has 1 N–H and O–H groups in total. The van der Waals surface area contributed by atoms with Crippen LogP contribution in [0.4, 0.5) is 0 Å². The molecule has 1 aromatic carbocycles. The number of benzene rings is 1. The Balaban J connectivity index is 1.40. The van der Waals surface area contributed by atoms with Crippen LogP contribution in [-0.2, 0) is 24.3 Å². The van der Waals surface area contributed by atoms with E-state index in [0.717, 1.165) is 29.3 Å². The summed E-state index contributed by atoms with van der Waals surface area (Å²) in [4.78, 5) is 21.2. The summed E-state index contributed by atoms with van der Waals surface area (Å²) >= 11 is 0. The molecule has 0 spiro atoms. The van der Waals surface area contributed by atoms with Gasteiger partial charge in [-0.05, 0) is 24.1 Å². The van der Waals surface area contributed by atoms with E-state index in [0.29, 0.717) is 6.54 Å². The number of aromatic nitrogens is 4. The second-order valence-electron chi connectivity index (χ2n) is 6.54. The van der Waals surface area contributed by atoms with Crippen LogP contribution in [-0.4, -0.2) is 24.8 Å². The fraction of sp³-hybridized carbons (Fsp3) is 0.190. The van der Waals surface area contributed by atoms with Gasteiger partial charge in [-0.25, -0.2) is 9.97 Å². The smallest absolute Gasteiger partial charge is 0.226 e.